The fourth-order valence-corrected chi connectivity index (χ4v) is 4.03. The van der Waals surface area contributed by atoms with Gasteiger partial charge >= 0.3 is 0 Å². The van der Waals surface area contributed by atoms with Crippen LogP contribution in [0.25, 0.3) is 0 Å². The van der Waals surface area contributed by atoms with Crippen LogP contribution < -0.4 is 16.4 Å². The Labute approximate surface area is 154 Å². The number of hydrogen-bond acceptors (Lipinski definition) is 8. The quantitative estimate of drug-likeness (QED) is 0.662. The van der Waals surface area contributed by atoms with E-state index in [0.717, 1.165) is 37.0 Å². The zero-order chi connectivity index (χ0) is 18.7. The van der Waals surface area contributed by atoms with Crippen LogP contribution in [-0.4, -0.2) is 29.4 Å². The topological polar surface area (TPSA) is 134 Å². The van der Waals surface area contributed by atoms with Gasteiger partial charge in [0.2, 0.25) is 11.5 Å². The van der Waals surface area contributed by atoms with Gasteiger partial charge in [0.1, 0.15) is 21.5 Å². The summed E-state index contributed by atoms with van der Waals surface area (Å²) >= 11 is 1.13. The second-order valence-electron chi connectivity index (χ2n) is 6.05. The van der Waals surface area contributed by atoms with Crippen LogP contribution in [0, 0.1) is 11.3 Å². The van der Waals surface area contributed by atoms with E-state index < -0.39 is 11.7 Å². The maximum Gasteiger partial charge on any atom is 0.273 e. The second-order valence-corrected chi connectivity index (χ2v) is 7.07. The van der Waals surface area contributed by atoms with Gasteiger partial charge in [-0.15, -0.1) is 11.3 Å². The summed E-state index contributed by atoms with van der Waals surface area (Å²) in [6, 6.07) is 3.63. The van der Waals surface area contributed by atoms with Gasteiger partial charge in [-0.3, -0.25) is 9.59 Å². The number of nitrogens with one attached hydrogen (secondary N) is 2. The van der Waals surface area contributed by atoms with E-state index in [2.05, 4.69) is 21.9 Å². The van der Waals surface area contributed by atoms with Gasteiger partial charge in [0.15, 0.2) is 5.69 Å². The van der Waals surface area contributed by atoms with Gasteiger partial charge in [0, 0.05) is 18.7 Å². The molecule has 0 aromatic carbocycles. The SMILES string of the molecule is CCNC(=O)c1cc(C(=O)c2sc(NC3CCCC3)c(C#N)c2N)on1. The van der Waals surface area contributed by atoms with E-state index in [-0.39, 0.29) is 33.6 Å². The van der Waals surface area contributed by atoms with Crippen LogP contribution in [0.3, 0.4) is 0 Å². The van der Waals surface area contributed by atoms with E-state index >= 15 is 0 Å². The summed E-state index contributed by atoms with van der Waals surface area (Å²) < 4.78 is 5.01. The number of nitrogens with zero attached hydrogens (tertiary/aromatic N) is 2. The Bertz CT molecular complexity index is 874. The van der Waals surface area contributed by atoms with Gasteiger partial charge < -0.3 is 20.9 Å². The predicted octanol–water partition coefficient (Wildman–Crippen LogP) is 2.53. The van der Waals surface area contributed by atoms with Crippen LogP contribution in [0.1, 0.15) is 64.1 Å². The Hall–Kier alpha value is -2.86. The zero-order valence-corrected chi connectivity index (χ0v) is 15.1. The van der Waals surface area contributed by atoms with Crippen molar-refractivity contribution in [3.8, 4) is 6.07 Å². The fourth-order valence-electron chi connectivity index (χ4n) is 2.93. The number of rotatable bonds is 6. The van der Waals surface area contributed by atoms with E-state index in [1.165, 1.54) is 6.07 Å². The van der Waals surface area contributed by atoms with Crippen LogP contribution in [0.2, 0.25) is 0 Å². The number of aromatic nitrogens is 1. The maximum absolute atomic E-state index is 12.7. The van der Waals surface area contributed by atoms with E-state index in [4.69, 9.17) is 10.3 Å². The Morgan fingerprint density at radius 1 is 1.46 bits per heavy atom. The molecule has 1 saturated carbocycles. The summed E-state index contributed by atoms with van der Waals surface area (Å²) in [5, 5.41) is 19.5. The normalized spacial score (nSPS) is 14.2. The number of carbonyl (C=O) groups is 2. The Morgan fingerprint density at radius 3 is 2.85 bits per heavy atom. The van der Waals surface area contributed by atoms with E-state index in [1.54, 1.807) is 6.92 Å². The van der Waals surface area contributed by atoms with Crippen molar-refractivity contribution < 1.29 is 14.1 Å². The van der Waals surface area contributed by atoms with E-state index in [0.29, 0.717) is 11.5 Å². The van der Waals surface area contributed by atoms with Gasteiger partial charge in [-0.1, -0.05) is 18.0 Å². The molecule has 0 atom stereocenters. The molecule has 0 spiro atoms. The largest absolute Gasteiger partial charge is 0.396 e. The van der Waals surface area contributed by atoms with Crippen molar-refractivity contribution in [1.29, 1.82) is 5.26 Å². The number of nitrogen functional groups attached to an aromatic ring is 1. The summed E-state index contributed by atoms with van der Waals surface area (Å²) in [7, 11) is 0. The molecule has 4 N–H and O–H groups in total. The number of nitriles is 1. The number of anilines is 2. The minimum Gasteiger partial charge on any atom is -0.396 e. The Morgan fingerprint density at radius 2 is 2.19 bits per heavy atom. The van der Waals surface area contributed by atoms with Gasteiger partial charge in [-0.05, 0) is 19.8 Å². The van der Waals surface area contributed by atoms with Gasteiger partial charge in [-0.25, -0.2) is 0 Å². The van der Waals surface area contributed by atoms with Crippen molar-refractivity contribution >= 4 is 33.7 Å². The Kier molecular flexibility index (Phi) is 5.23. The first-order valence-electron chi connectivity index (χ1n) is 8.43. The maximum atomic E-state index is 12.7. The third kappa shape index (κ3) is 3.41. The highest BCUT2D eigenvalue weighted by Crippen LogP contribution is 2.38. The van der Waals surface area contributed by atoms with Gasteiger partial charge in [0.25, 0.3) is 5.91 Å². The number of nitrogens with two attached hydrogens (primary N) is 1. The third-order valence-corrected chi connectivity index (χ3v) is 5.39. The standard InChI is InChI=1S/C17H19N5O3S/c1-2-20-16(24)11-7-12(25-22-11)14(23)15-13(19)10(8-18)17(26-15)21-9-5-3-4-6-9/h7,9,21H,2-6,19H2,1H3,(H,20,24). The van der Waals surface area contributed by atoms with E-state index in [9.17, 15) is 14.9 Å². The number of amides is 1. The van der Waals surface area contributed by atoms with Crippen molar-refractivity contribution in [2.75, 3.05) is 17.6 Å². The molecule has 0 radical (unpaired) electrons. The molecule has 0 unspecified atom stereocenters. The lowest BCUT2D eigenvalue weighted by atomic mass is 10.1. The average Bonchev–Trinajstić information content (AvgIpc) is 3.35. The molecule has 1 aliphatic rings. The third-order valence-electron chi connectivity index (χ3n) is 4.26. The summed E-state index contributed by atoms with van der Waals surface area (Å²) in [5.74, 6) is -1.00. The summed E-state index contributed by atoms with van der Waals surface area (Å²) in [6.45, 7) is 2.22. The molecule has 2 aromatic rings. The predicted molar refractivity (Wildman–Crippen MR) is 97.3 cm³/mol. The lowest BCUT2D eigenvalue weighted by Crippen LogP contribution is -2.22. The first kappa shape index (κ1) is 17.9. The monoisotopic (exact) mass is 373 g/mol. The van der Waals surface area contributed by atoms with Crippen LogP contribution in [0.4, 0.5) is 10.7 Å². The van der Waals surface area contributed by atoms with Gasteiger partial charge in [0.05, 0.1) is 5.69 Å². The zero-order valence-electron chi connectivity index (χ0n) is 14.3. The number of ketones is 1. The summed E-state index contributed by atoms with van der Waals surface area (Å²) in [4.78, 5) is 24.7. The first-order chi connectivity index (χ1) is 12.5. The lowest BCUT2D eigenvalue weighted by Gasteiger charge is -2.11. The van der Waals surface area contributed by atoms with Crippen molar-refractivity contribution in [3.05, 3.63) is 28.0 Å². The molecule has 2 aromatic heterocycles. The average molecular weight is 373 g/mol. The molecule has 9 heteroatoms. The van der Waals surface area contributed by atoms with Crippen molar-refractivity contribution in [3.63, 3.8) is 0 Å². The molecule has 2 heterocycles. The first-order valence-corrected chi connectivity index (χ1v) is 9.25. The molecule has 1 fully saturated rings. The van der Waals surface area contributed by atoms with Crippen molar-refractivity contribution in [1.82, 2.24) is 10.5 Å². The fraction of sp³-hybridized carbons (Fsp3) is 0.412. The minimum absolute atomic E-state index is 0.0233. The minimum atomic E-state index is -0.494. The van der Waals surface area contributed by atoms with Crippen LogP contribution in [-0.2, 0) is 0 Å². The van der Waals surface area contributed by atoms with E-state index in [1.807, 2.05) is 0 Å². The second kappa shape index (κ2) is 7.58. The van der Waals surface area contributed by atoms with Crippen LogP contribution in [0.15, 0.2) is 10.6 Å². The molecule has 1 aliphatic carbocycles. The number of thiophene rings is 1. The molecule has 8 nitrogen and oxygen atoms in total. The molecule has 1 amide bonds. The molecule has 3 rings (SSSR count). The molecular formula is C17H19N5O3S. The number of hydrogen-bond donors (Lipinski definition) is 3. The van der Waals surface area contributed by atoms with Crippen molar-refractivity contribution in [2.45, 2.75) is 38.6 Å². The van der Waals surface area contributed by atoms with Crippen molar-refractivity contribution in [2.24, 2.45) is 0 Å². The molecule has 26 heavy (non-hydrogen) atoms. The lowest BCUT2D eigenvalue weighted by molar-refractivity contribution is 0.0942. The van der Waals surface area contributed by atoms with Gasteiger partial charge in [-0.2, -0.15) is 5.26 Å². The highest BCUT2D eigenvalue weighted by Gasteiger charge is 2.27. The molecule has 136 valence electrons. The highest BCUT2D eigenvalue weighted by atomic mass is 32.1. The summed E-state index contributed by atoms with van der Waals surface area (Å²) in [5.41, 5.74) is 6.45. The Balaban J connectivity index is 1.86. The molecular weight excluding hydrogens is 354 g/mol. The summed E-state index contributed by atoms with van der Waals surface area (Å²) in [6.07, 6.45) is 4.35. The molecule has 0 aliphatic heterocycles. The number of carbonyl (C=O) groups excluding carboxylic acids is 2. The smallest absolute Gasteiger partial charge is 0.273 e. The van der Waals surface area contributed by atoms with Crippen LogP contribution >= 0.6 is 11.3 Å². The highest BCUT2D eigenvalue weighted by molar-refractivity contribution is 7.19. The molecule has 0 bridgehead atoms. The molecule has 0 saturated heterocycles. The van der Waals surface area contributed by atoms with Crippen LogP contribution in [0.5, 0.6) is 0 Å².